The molecule has 0 unspecified atom stereocenters. The number of carbonyl (C=O) groups is 1. The number of nitrogens with one attached hydrogen (secondary N) is 2. The normalized spacial score (nSPS) is 17.2. The molecular weight excluding hydrogens is 326 g/mol. The van der Waals surface area contributed by atoms with Crippen LogP contribution in [0.15, 0.2) is 30.6 Å². The topological polar surface area (TPSA) is 71.8 Å². The fourth-order valence-corrected chi connectivity index (χ4v) is 3.25. The SMILES string of the molecule is CC(C)(Cc1ccccc1Cl)NC(=O)N[C@@H]1CCc2ncnn2C1. The minimum Gasteiger partial charge on any atom is -0.334 e. The summed E-state index contributed by atoms with van der Waals surface area (Å²) in [5.74, 6) is 0.979. The van der Waals surface area contributed by atoms with Gasteiger partial charge in [0, 0.05) is 17.0 Å². The number of urea groups is 1. The number of benzene rings is 1. The summed E-state index contributed by atoms with van der Waals surface area (Å²) in [6.45, 7) is 4.65. The van der Waals surface area contributed by atoms with Crippen LogP contribution in [0.4, 0.5) is 4.79 Å². The van der Waals surface area contributed by atoms with Crippen molar-refractivity contribution in [2.24, 2.45) is 0 Å². The standard InChI is InChI=1S/C17H22ClN5O/c1-17(2,9-12-5-3-4-6-14(12)18)22-16(24)21-13-7-8-15-19-11-20-23(15)10-13/h3-6,11,13H,7-10H2,1-2H3,(H2,21,22,24)/t13-/m1/s1. The predicted molar refractivity (Wildman–Crippen MR) is 93.0 cm³/mol. The number of fused-ring (bicyclic) bond motifs is 1. The highest BCUT2D eigenvalue weighted by atomic mass is 35.5. The zero-order valence-electron chi connectivity index (χ0n) is 13.9. The van der Waals surface area contributed by atoms with Crippen molar-refractivity contribution in [3.63, 3.8) is 0 Å². The van der Waals surface area contributed by atoms with Crippen LogP contribution >= 0.6 is 11.6 Å². The molecule has 2 aromatic rings. The average Bonchev–Trinajstić information content (AvgIpc) is 2.96. The molecule has 1 aromatic heterocycles. The van der Waals surface area contributed by atoms with E-state index in [1.807, 2.05) is 42.8 Å². The molecule has 24 heavy (non-hydrogen) atoms. The molecule has 0 fully saturated rings. The van der Waals surface area contributed by atoms with Gasteiger partial charge in [-0.1, -0.05) is 29.8 Å². The third-order valence-corrected chi connectivity index (χ3v) is 4.55. The molecule has 0 saturated heterocycles. The number of halogens is 1. The van der Waals surface area contributed by atoms with Crippen molar-refractivity contribution in [1.82, 2.24) is 25.4 Å². The van der Waals surface area contributed by atoms with Crippen molar-refractivity contribution in [3.8, 4) is 0 Å². The highest BCUT2D eigenvalue weighted by molar-refractivity contribution is 6.31. The summed E-state index contributed by atoms with van der Waals surface area (Å²) in [6.07, 6.45) is 3.92. The van der Waals surface area contributed by atoms with Gasteiger partial charge in [-0.2, -0.15) is 5.10 Å². The number of rotatable bonds is 4. The number of hydrogen-bond donors (Lipinski definition) is 2. The lowest BCUT2D eigenvalue weighted by Gasteiger charge is -2.29. The van der Waals surface area contributed by atoms with E-state index >= 15 is 0 Å². The lowest BCUT2D eigenvalue weighted by atomic mass is 9.95. The first-order chi connectivity index (χ1) is 11.4. The van der Waals surface area contributed by atoms with Gasteiger partial charge in [0.05, 0.1) is 12.6 Å². The van der Waals surface area contributed by atoms with E-state index in [-0.39, 0.29) is 12.1 Å². The molecule has 1 aliphatic rings. The first-order valence-corrected chi connectivity index (χ1v) is 8.49. The van der Waals surface area contributed by atoms with Crippen LogP contribution in [0.1, 0.15) is 31.7 Å². The van der Waals surface area contributed by atoms with Gasteiger partial charge in [0.25, 0.3) is 0 Å². The number of amides is 2. The molecule has 1 atom stereocenters. The third-order valence-electron chi connectivity index (χ3n) is 4.18. The maximum Gasteiger partial charge on any atom is 0.315 e. The molecule has 0 spiro atoms. The summed E-state index contributed by atoms with van der Waals surface area (Å²) in [6, 6.07) is 7.60. The number of hydrogen-bond acceptors (Lipinski definition) is 3. The number of carbonyl (C=O) groups excluding carboxylic acids is 1. The van der Waals surface area contributed by atoms with Gasteiger partial charge in [0.1, 0.15) is 12.2 Å². The third kappa shape index (κ3) is 4.06. The summed E-state index contributed by atoms with van der Waals surface area (Å²) < 4.78 is 1.85. The summed E-state index contributed by atoms with van der Waals surface area (Å²) in [5.41, 5.74) is 0.622. The number of aromatic nitrogens is 3. The smallest absolute Gasteiger partial charge is 0.315 e. The zero-order valence-corrected chi connectivity index (χ0v) is 14.7. The Kier molecular flexibility index (Phi) is 4.76. The summed E-state index contributed by atoms with van der Waals surface area (Å²) in [4.78, 5) is 16.5. The van der Waals surface area contributed by atoms with Gasteiger partial charge in [-0.05, 0) is 38.3 Å². The predicted octanol–water partition coefficient (Wildman–Crippen LogP) is 2.57. The van der Waals surface area contributed by atoms with Crippen molar-refractivity contribution in [1.29, 1.82) is 0 Å². The van der Waals surface area contributed by atoms with E-state index in [4.69, 9.17) is 11.6 Å². The van der Waals surface area contributed by atoms with Gasteiger partial charge in [-0.25, -0.2) is 14.5 Å². The van der Waals surface area contributed by atoms with Crippen molar-refractivity contribution < 1.29 is 4.79 Å². The van der Waals surface area contributed by atoms with Gasteiger partial charge in [-0.3, -0.25) is 0 Å². The fourth-order valence-electron chi connectivity index (χ4n) is 3.05. The van der Waals surface area contributed by atoms with E-state index < -0.39 is 5.54 Å². The maximum atomic E-state index is 12.4. The van der Waals surface area contributed by atoms with Crippen LogP contribution in [0.25, 0.3) is 0 Å². The monoisotopic (exact) mass is 347 g/mol. The fraction of sp³-hybridized carbons (Fsp3) is 0.471. The molecule has 7 heteroatoms. The summed E-state index contributed by atoms with van der Waals surface area (Å²) >= 11 is 6.22. The Balaban J connectivity index is 1.55. The summed E-state index contributed by atoms with van der Waals surface area (Å²) in [7, 11) is 0. The second-order valence-corrected chi connectivity index (χ2v) is 7.25. The molecule has 128 valence electrons. The molecule has 0 radical (unpaired) electrons. The van der Waals surface area contributed by atoms with E-state index in [1.165, 1.54) is 0 Å². The summed E-state index contributed by atoms with van der Waals surface area (Å²) in [5, 5.41) is 11.0. The molecule has 2 amide bonds. The molecule has 3 rings (SSSR count). The van der Waals surface area contributed by atoms with Crippen molar-refractivity contribution >= 4 is 17.6 Å². The molecule has 0 aliphatic carbocycles. The van der Waals surface area contributed by atoms with Gasteiger partial charge in [0.15, 0.2) is 0 Å². The number of aryl methyl sites for hydroxylation is 1. The van der Waals surface area contributed by atoms with Crippen molar-refractivity contribution in [3.05, 3.63) is 47.0 Å². The van der Waals surface area contributed by atoms with Crippen LogP contribution in [0.5, 0.6) is 0 Å². The molecule has 2 heterocycles. The van der Waals surface area contributed by atoms with Gasteiger partial charge in [-0.15, -0.1) is 0 Å². The molecule has 0 saturated carbocycles. The second-order valence-electron chi connectivity index (χ2n) is 6.84. The Hall–Kier alpha value is -2.08. The molecule has 1 aromatic carbocycles. The van der Waals surface area contributed by atoms with Crippen LogP contribution in [-0.2, 0) is 19.4 Å². The van der Waals surface area contributed by atoms with Crippen molar-refractivity contribution in [2.75, 3.05) is 0 Å². The maximum absolute atomic E-state index is 12.4. The Morgan fingerprint density at radius 1 is 1.42 bits per heavy atom. The highest BCUT2D eigenvalue weighted by Gasteiger charge is 2.25. The first-order valence-electron chi connectivity index (χ1n) is 8.12. The first kappa shape index (κ1) is 16.8. The van der Waals surface area contributed by atoms with E-state index in [2.05, 4.69) is 20.7 Å². The zero-order chi connectivity index (χ0) is 17.2. The lowest BCUT2D eigenvalue weighted by molar-refractivity contribution is 0.221. The average molecular weight is 348 g/mol. The Labute approximate surface area is 146 Å². The molecule has 2 N–H and O–H groups in total. The number of nitrogens with zero attached hydrogens (tertiary/aromatic N) is 3. The largest absolute Gasteiger partial charge is 0.334 e. The van der Waals surface area contributed by atoms with Crippen molar-refractivity contribution in [2.45, 2.75) is 51.2 Å². The Bertz CT molecular complexity index is 727. The molecule has 0 bridgehead atoms. The van der Waals surface area contributed by atoms with Crippen LogP contribution in [-0.4, -0.2) is 32.4 Å². The van der Waals surface area contributed by atoms with Crippen LogP contribution in [0.3, 0.4) is 0 Å². The van der Waals surface area contributed by atoms with E-state index in [0.717, 1.165) is 29.3 Å². The van der Waals surface area contributed by atoms with E-state index in [1.54, 1.807) is 6.33 Å². The Morgan fingerprint density at radius 2 is 2.21 bits per heavy atom. The molecule has 1 aliphatic heterocycles. The quantitative estimate of drug-likeness (QED) is 0.892. The van der Waals surface area contributed by atoms with Crippen LogP contribution in [0, 0.1) is 0 Å². The van der Waals surface area contributed by atoms with E-state index in [9.17, 15) is 4.79 Å². The van der Waals surface area contributed by atoms with Gasteiger partial charge in [0.2, 0.25) is 0 Å². The molecule has 6 nitrogen and oxygen atoms in total. The van der Waals surface area contributed by atoms with Gasteiger partial charge >= 0.3 is 6.03 Å². The minimum absolute atomic E-state index is 0.0651. The lowest BCUT2D eigenvalue weighted by Crippen LogP contribution is -2.53. The highest BCUT2D eigenvalue weighted by Crippen LogP contribution is 2.21. The minimum atomic E-state index is -0.401. The van der Waals surface area contributed by atoms with Crippen LogP contribution < -0.4 is 10.6 Å². The molecular formula is C17H22ClN5O. The second kappa shape index (κ2) is 6.81. The van der Waals surface area contributed by atoms with Gasteiger partial charge < -0.3 is 10.6 Å². The van der Waals surface area contributed by atoms with Crippen LogP contribution in [0.2, 0.25) is 5.02 Å². The Morgan fingerprint density at radius 3 is 3.00 bits per heavy atom. The van der Waals surface area contributed by atoms with E-state index in [0.29, 0.717) is 13.0 Å².